The summed E-state index contributed by atoms with van der Waals surface area (Å²) in [6, 6.07) is 9.16. The van der Waals surface area contributed by atoms with Crippen LogP contribution in [0.3, 0.4) is 0 Å². The van der Waals surface area contributed by atoms with Crippen LogP contribution in [-0.4, -0.2) is 10.1 Å². The van der Waals surface area contributed by atoms with Gasteiger partial charge in [-0.1, -0.05) is 0 Å². The Labute approximate surface area is 79.6 Å². The highest BCUT2D eigenvalue weighted by Crippen LogP contribution is 2.29. The van der Waals surface area contributed by atoms with Gasteiger partial charge in [-0.2, -0.15) is 0 Å². The molecule has 0 amide bonds. The number of aromatic nitrogens is 1. The quantitative estimate of drug-likeness (QED) is 0.585. The van der Waals surface area contributed by atoms with Gasteiger partial charge in [-0.15, -0.1) is 0 Å². The maximum Gasteiger partial charge on any atom is 0.282 e. The van der Waals surface area contributed by atoms with Gasteiger partial charge in [-0.25, -0.2) is 0 Å². The average molecular weight is 185 g/mol. The number of furan rings is 1. The lowest BCUT2D eigenvalue weighted by atomic mass is 10.1. The summed E-state index contributed by atoms with van der Waals surface area (Å²) in [4.78, 5) is 4.20. The molecule has 0 radical (unpaired) electrons. The molecular formula is C11H7NO2. The highest BCUT2D eigenvalue weighted by molar-refractivity contribution is 6.02. The fourth-order valence-corrected chi connectivity index (χ4v) is 1.64. The summed E-state index contributed by atoms with van der Waals surface area (Å²) >= 11 is 0. The number of hydrogen-bond acceptors (Lipinski definition) is 3. The topological polar surface area (TPSA) is 46.3 Å². The second-order valence-corrected chi connectivity index (χ2v) is 3.14. The first-order valence-corrected chi connectivity index (χ1v) is 4.31. The molecule has 14 heavy (non-hydrogen) atoms. The second-order valence-electron chi connectivity index (χ2n) is 3.14. The largest absolute Gasteiger partial charge is 0.481 e. The highest BCUT2D eigenvalue weighted by atomic mass is 16.5. The lowest BCUT2D eigenvalue weighted by Crippen LogP contribution is -1.76. The Morgan fingerprint density at radius 3 is 3.07 bits per heavy atom. The summed E-state index contributed by atoms with van der Waals surface area (Å²) < 4.78 is 5.20. The van der Waals surface area contributed by atoms with Gasteiger partial charge in [-0.3, -0.25) is 4.98 Å². The Morgan fingerprint density at radius 1 is 1.21 bits per heavy atom. The molecule has 0 aliphatic heterocycles. The van der Waals surface area contributed by atoms with E-state index in [9.17, 15) is 5.11 Å². The zero-order valence-corrected chi connectivity index (χ0v) is 7.27. The Kier molecular flexibility index (Phi) is 1.31. The Bertz CT molecular complexity index is 613. The number of pyridine rings is 1. The maximum absolute atomic E-state index is 9.23. The standard InChI is InChI=1S/C11H7NO2/c13-10-6-7-3-4-9-8(11(7)14-10)2-1-5-12-9/h1-6,13H. The van der Waals surface area contributed by atoms with E-state index < -0.39 is 0 Å². The van der Waals surface area contributed by atoms with Crippen LogP contribution in [0.25, 0.3) is 21.9 Å². The summed E-state index contributed by atoms with van der Waals surface area (Å²) in [5.41, 5.74) is 1.56. The molecule has 0 saturated heterocycles. The summed E-state index contributed by atoms with van der Waals surface area (Å²) in [5.74, 6) is -0.0589. The zero-order chi connectivity index (χ0) is 9.54. The SMILES string of the molecule is Oc1cc2ccc3ncccc3c2o1. The molecule has 2 aromatic heterocycles. The van der Waals surface area contributed by atoms with E-state index in [-0.39, 0.29) is 5.95 Å². The van der Waals surface area contributed by atoms with E-state index in [0.29, 0.717) is 5.58 Å². The maximum atomic E-state index is 9.23. The Hall–Kier alpha value is -2.03. The predicted molar refractivity (Wildman–Crippen MR) is 53.2 cm³/mol. The molecular weight excluding hydrogens is 178 g/mol. The number of rotatable bonds is 0. The third-order valence-electron chi connectivity index (χ3n) is 2.25. The van der Waals surface area contributed by atoms with Gasteiger partial charge in [0.25, 0.3) is 5.95 Å². The minimum Gasteiger partial charge on any atom is -0.481 e. The van der Waals surface area contributed by atoms with Crippen LogP contribution in [0.15, 0.2) is 40.9 Å². The highest BCUT2D eigenvalue weighted by Gasteiger charge is 2.06. The molecule has 68 valence electrons. The van der Waals surface area contributed by atoms with Gasteiger partial charge >= 0.3 is 0 Å². The zero-order valence-electron chi connectivity index (χ0n) is 7.27. The van der Waals surface area contributed by atoms with Gasteiger partial charge in [0.15, 0.2) is 0 Å². The summed E-state index contributed by atoms with van der Waals surface area (Å²) in [6.45, 7) is 0. The van der Waals surface area contributed by atoms with E-state index >= 15 is 0 Å². The third-order valence-corrected chi connectivity index (χ3v) is 2.25. The van der Waals surface area contributed by atoms with Crippen molar-refractivity contribution in [3.63, 3.8) is 0 Å². The van der Waals surface area contributed by atoms with Gasteiger partial charge in [0.2, 0.25) is 0 Å². The van der Waals surface area contributed by atoms with Crippen molar-refractivity contribution in [2.75, 3.05) is 0 Å². The van der Waals surface area contributed by atoms with Crippen molar-refractivity contribution in [3.8, 4) is 5.95 Å². The molecule has 1 N–H and O–H groups in total. The van der Waals surface area contributed by atoms with Crippen molar-refractivity contribution < 1.29 is 9.52 Å². The van der Waals surface area contributed by atoms with Gasteiger partial charge in [-0.05, 0) is 24.3 Å². The van der Waals surface area contributed by atoms with Gasteiger partial charge in [0.05, 0.1) is 5.52 Å². The van der Waals surface area contributed by atoms with Crippen molar-refractivity contribution >= 4 is 21.9 Å². The van der Waals surface area contributed by atoms with Crippen LogP contribution in [-0.2, 0) is 0 Å². The molecule has 3 aromatic rings. The van der Waals surface area contributed by atoms with Gasteiger partial charge in [0.1, 0.15) is 5.58 Å². The molecule has 3 heteroatoms. The van der Waals surface area contributed by atoms with Crippen molar-refractivity contribution in [1.29, 1.82) is 0 Å². The fourth-order valence-electron chi connectivity index (χ4n) is 1.64. The number of fused-ring (bicyclic) bond motifs is 3. The molecule has 0 atom stereocenters. The van der Waals surface area contributed by atoms with Gasteiger partial charge < -0.3 is 9.52 Å². The lowest BCUT2D eigenvalue weighted by molar-refractivity contribution is 0.347. The Balaban J connectivity index is 2.60. The number of aromatic hydroxyl groups is 1. The van der Waals surface area contributed by atoms with E-state index in [4.69, 9.17) is 4.42 Å². The minimum absolute atomic E-state index is 0.0589. The first-order chi connectivity index (χ1) is 6.84. The van der Waals surface area contributed by atoms with Crippen LogP contribution < -0.4 is 0 Å². The third kappa shape index (κ3) is 0.893. The predicted octanol–water partition coefficient (Wildman–Crippen LogP) is 2.69. The summed E-state index contributed by atoms with van der Waals surface area (Å²) in [6.07, 6.45) is 1.73. The molecule has 0 aliphatic rings. The average Bonchev–Trinajstić information content (AvgIpc) is 2.59. The monoisotopic (exact) mass is 185 g/mol. The van der Waals surface area contributed by atoms with E-state index in [0.717, 1.165) is 16.3 Å². The van der Waals surface area contributed by atoms with E-state index in [2.05, 4.69) is 4.98 Å². The molecule has 0 unspecified atom stereocenters. The normalized spacial score (nSPS) is 11.1. The van der Waals surface area contributed by atoms with E-state index in [1.54, 1.807) is 12.3 Å². The lowest BCUT2D eigenvalue weighted by Gasteiger charge is -1.95. The minimum atomic E-state index is -0.0589. The molecule has 3 nitrogen and oxygen atoms in total. The van der Waals surface area contributed by atoms with Gasteiger partial charge in [0, 0.05) is 23.0 Å². The summed E-state index contributed by atoms with van der Waals surface area (Å²) in [7, 11) is 0. The number of hydrogen-bond donors (Lipinski definition) is 1. The van der Waals surface area contributed by atoms with E-state index in [1.807, 2.05) is 24.3 Å². The summed E-state index contributed by atoms with van der Waals surface area (Å²) in [5, 5.41) is 11.0. The van der Waals surface area contributed by atoms with Crippen LogP contribution in [0.5, 0.6) is 5.95 Å². The first kappa shape index (κ1) is 7.38. The molecule has 1 aromatic carbocycles. The van der Waals surface area contributed by atoms with Crippen molar-refractivity contribution in [3.05, 3.63) is 36.5 Å². The molecule has 3 rings (SSSR count). The van der Waals surface area contributed by atoms with Crippen LogP contribution in [0.4, 0.5) is 0 Å². The van der Waals surface area contributed by atoms with Crippen molar-refractivity contribution in [2.45, 2.75) is 0 Å². The number of benzene rings is 1. The van der Waals surface area contributed by atoms with Crippen LogP contribution in [0.2, 0.25) is 0 Å². The van der Waals surface area contributed by atoms with Crippen LogP contribution in [0.1, 0.15) is 0 Å². The van der Waals surface area contributed by atoms with Crippen molar-refractivity contribution in [1.82, 2.24) is 4.98 Å². The molecule has 0 spiro atoms. The van der Waals surface area contributed by atoms with Crippen LogP contribution in [0, 0.1) is 0 Å². The fraction of sp³-hybridized carbons (Fsp3) is 0. The molecule has 0 saturated carbocycles. The van der Waals surface area contributed by atoms with Crippen LogP contribution >= 0.6 is 0 Å². The Morgan fingerprint density at radius 2 is 2.14 bits per heavy atom. The molecule has 0 aliphatic carbocycles. The van der Waals surface area contributed by atoms with E-state index in [1.165, 1.54) is 0 Å². The second kappa shape index (κ2) is 2.48. The smallest absolute Gasteiger partial charge is 0.282 e. The van der Waals surface area contributed by atoms with Crippen molar-refractivity contribution in [2.24, 2.45) is 0 Å². The number of nitrogens with zero attached hydrogens (tertiary/aromatic N) is 1. The molecule has 0 bridgehead atoms. The molecule has 0 fully saturated rings. The molecule has 2 heterocycles. The first-order valence-electron chi connectivity index (χ1n) is 4.31.